The first kappa shape index (κ1) is 28.4. The smallest absolute Gasteiger partial charge is 0.478 e. The van der Waals surface area contributed by atoms with Crippen molar-refractivity contribution in [3.05, 3.63) is 75.0 Å². The number of alkyl halides is 3. The van der Waals surface area contributed by atoms with Gasteiger partial charge in [-0.25, -0.2) is 4.79 Å². The van der Waals surface area contributed by atoms with Crippen molar-refractivity contribution >= 4 is 45.1 Å². The number of hydrogen-bond acceptors (Lipinski definition) is 5. The number of aromatic carboxylic acids is 1. The minimum Gasteiger partial charge on any atom is -0.478 e. The summed E-state index contributed by atoms with van der Waals surface area (Å²) in [5.74, 6) is -1.74. The molecule has 5 rings (SSSR count). The molecule has 40 heavy (non-hydrogen) atoms. The summed E-state index contributed by atoms with van der Waals surface area (Å²) >= 11 is 13.1. The maximum atomic E-state index is 13.4. The summed E-state index contributed by atoms with van der Waals surface area (Å²) in [6, 6.07) is 9.03. The van der Waals surface area contributed by atoms with Gasteiger partial charge in [-0.3, -0.25) is 4.79 Å². The number of carbonyl (C=O) groups is 2. The van der Waals surface area contributed by atoms with Crippen LogP contribution in [0, 0.1) is 5.92 Å². The molecule has 1 saturated heterocycles. The van der Waals surface area contributed by atoms with E-state index in [0.29, 0.717) is 58.1 Å². The third-order valence-corrected chi connectivity index (χ3v) is 9.45. The number of benzene rings is 2. The van der Waals surface area contributed by atoms with Crippen LogP contribution in [-0.2, 0) is 27.7 Å². The van der Waals surface area contributed by atoms with E-state index in [9.17, 15) is 31.2 Å². The third-order valence-electron chi connectivity index (χ3n) is 7.42. The summed E-state index contributed by atoms with van der Waals surface area (Å²) in [5, 5.41) is 13.3. The molecule has 8 nitrogen and oxygen atoms in total. The molecule has 2 aromatic carbocycles. The van der Waals surface area contributed by atoms with Gasteiger partial charge in [0.1, 0.15) is 0 Å². The maximum absolute atomic E-state index is 13.4. The Kier molecular flexibility index (Phi) is 7.38. The number of carboxylic acids is 1. The summed E-state index contributed by atoms with van der Waals surface area (Å²) in [4.78, 5) is 26.1. The SMILES string of the molecule is O=C(O)c1ccc(-c2cc(Cl)c(C[C@@H]3CCN(C4CCCc5c4cnn5S(=O)(=O)C(F)(F)F)C3=O)c(Cl)c2)cc1. The first-order valence-corrected chi connectivity index (χ1v) is 14.5. The normalized spacial score (nSPS) is 19.6. The lowest BCUT2D eigenvalue weighted by Gasteiger charge is -2.31. The number of carboxylic acid groups (broad SMARTS) is 1. The third kappa shape index (κ3) is 4.97. The van der Waals surface area contributed by atoms with Crippen molar-refractivity contribution in [2.75, 3.05) is 6.54 Å². The number of fused-ring (bicyclic) bond motifs is 1. The van der Waals surface area contributed by atoms with Crippen LogP contribution in [0.5, 0.6) is 0 Å². The van der Waals surface area contributed by atoms with E-state index in [1.165, 1.54) is 12.1 Å². The van der Waals surface area contributed by atoms with Crippen molar-refractivity contribution in [1.82, 2.24) is 14.1 Å². The average molecular weight is 616 g/mol. The van der Waals surface area contributed by atoms with Crippen LogP contribution >= 0.6 is 23.2 Å². The van der Waals surface area contributed by atoms with E-state index in [4.69, 9.17) is 28.3 Å². The van der Waals surface area contributed by atoms with E-state index < -0.39 is 33.5 Å². The molecule has 1 aliphatic heterocycles. The van der Waals surface area contributed by atoms with Gasteiger partial charge < -0.3 is 10.0 Å². The lowest BCUT2D eigenvalue weighted by Crippen LogP contribution is -2.36. The zero-order valence-corrected chi connectivity index (χ0v) is 23.0. The molecule has 0 spiro atoms. The van der Waals surface area contributed by atoms with Crippen molar-refractivity contribution < 1.29 is 36.3 Å². The first-order valence-electron chi connectivity index (χ1n) is 12.3. The Morgan fingerprint density at radius 3 is 2.33 bits per heavy atom. The lowest BCUT2D eigenvalue weighted by atomic mass is 9.91. The molecule has 0 radical (unpaired) electrons. The maximum Gasteiger partial charge on any atom is 0.518 e. The fourth-order valence-corrected chi connectivity index (χ4v) is 6.91. The van der Waals surface area contributed by atoms with Gasteiger partial charge in [-0.05, 0) is 73.1 Å². The van der Waals surface area contributed by atoms with Gasteiger partial charge in [0.2, 0.25) is 5.91 Å². The van der Waals surface area contributed by atoms with Crippen molar-refractivity contribution in [3.8, 4) is 11.1 Å². The molecule has 2 aliphatic rings. The number of likely N-dealkylation sites (tertiary alicyclic amines) is 1. The minimum absolute atomic E-state index is 0.0445. The predicted molar refractivity (Wildman–Crippen MR) is 141 cm³/mol. The Morgan fingerprint density at radius 2 is 1.73 bits per heavy atom. The molecular weight excluding hydrogens is 594 g/mol. The monoisotopic (exact) mass is 615 g/mol. The van der Waals surface area contributed by atoms with Gasteiger partial charge in [0.25, 0.3) is 0 Å². The van der Waals surface area contributed by atoms with Crippen LogP contribution in [0.4, 0.5) is 13.2 Å². The molecule has 3 aromatic rings. The second-order valence-electron chi connectivity index (χ2n) is 9.77. The summed E-state index contributed by atoms with van der Waals surface area (Å²) in [6.07, 6.45) is 2.79. The van der Waals surface area contributed by atoms with Crippen LogP contribution in [0.3, 0.4) is 0 Å². The summed E-state index contributed by atoms with van der Waals surface area (Å²) in [5.41, 5.74) is -3.14. The Hall–Kier alpha value is -3.09. The number of amides is 1. The summed E-state index contributed by atoms with van der Waals surface area (Å²) in [7, 11) is -5.68. The van der Waals surface area contributed by atoms with Gasteiger partial charge in [0.15, 0.2) is 0 Å². The average Bonchev–Trinajstić information content (AvgIpc) is 3.49. The van der Waals surface area contributed by atoms with E-state index >= 15 is 0 Å². The van der Waals surface area contributed by atoms with E-state index in [0.717, 1.165) is 6.20 Å². The molecule has 2 heterocycles. The molecule has 1 fully saturated rings. The fourth-order valence-electron chi connectivity index (χ4n) is 5.41. The second-order valence-corrected chi connectivity index (χ2v) is 12.3. The number of rotatable bonds is 6. The Bertz CT molecular complexity index is 1580. The lowest BCUT2D eigenvalue weighted by molar-refractivity contribution is -0.133. The summed E-state index contributed by atoms with van der Waals surface area (Å²) in [6.45, 7) is 0.341. The number of hydrogen-bond donors (Lipinski definition) is 1. The van der Waals surface area contributed by atoms with Crippen LogP contribution in [-0.4, -0.2) is 51.5 Å². The van der Waals surface area contributed by atoms with Crippen molar-refractivity contribution in [2.24, 2.45) is 5.92 Å². The van der Waals surface area contributed by atoms with Gasteiger partial charge in [-0.15, -0.1) is 0 Å². The quantitative estimate of drug-likeness (QED) is 0.380. The first-order chi connectivity index (χ1) is 18.8. The number of halogens is 5. The van der Waals surface area contributed by atoms with Gasteiger partial charge in [0.05, 0.1) is 23.5 Å². The van der Waals surface area contributed by atoms with E-state index in [1.807, 2.05) is 0 Å². The van der Waals surface area contributed by atoms with Gasteiger partial charge in [-0.2, -0.15) is 30.8 Å². The standard InChI is InChI=1S/C26H22Cl2F3N3O5S/c27-20-11-17(14-4-6-15(7-5-14)25(36)37)12-21(28)18(20)10-16-8-9-33(24(16)35)22-2-1-3-23-19(22)13-32-34(23)40(38,39)26(29,30)31/h4-7,11-13,16,22H,1-3,8-10H2,(H,36,37)/t16-,22?/m0/s1. The fraction of sp³-hybridized carbons (Fsp3) is 0.346. The van der Waals surface area contributed by atoms with E-state index in [2.05, 4.69) is 5.10 Å². The van der Waals surface area contributed by atoms with Crippen LogP contribution in [0.15, 0.2) is 42.6 Å². The highest BCUT2D eigenvalue weighted by Gasteiger charge is 2.50. The molecule has 1 N–H and O–H groups in total. The Labute approximate surface area is 237 Å². The van der Waals surface area contributed by atoms with Crippen LogP contribution in [0.25, 0.3) is 11.1 Å². The molecule has 0 bridgehead atoms. The van der Waals surface area contributed by atoms with Crippen molar-refractivity contribution in [1.29, 1.82) is 0 Å². The summed E-state index contributed by atoms with van der Waals surface area (Å²) < 4.78 is 63.5. The van der Waals surface area contributed by atoms with E-state index in [-0.39, 0.29) is 34.1 Å². The largest absolute Gasteiger partial charge is 0.518 e. The van der Waals surface area contributed by atoms with E-state index in [1.54, 1.807) is 29.2 Å². The molecule has 1 aromatic heterocycles. The van der Waals surface area contributed by atoms with Gasteiger partial charge in [-0.1, -0.05) is 35.3 Å². The number of aromatic nitrogens is 2. The van der Waals surface area contributed by atoms with Crippen LogP contribution in [0.1, 0.15) is 52.5 Å². The van der Waals surface area contributed by atoms with Gasteiger partial charge >= 0.3 is 21.5 Å². The van der Waals surface area contributed by atoms with Gasteiger partial charge in [0, 0.05) is 28.1 Å². The molecule has 1 amide bonds. The highest BCUT2D eigenvalue weighted by atomic mass is 35.5. The predicted octanol–water partition coefficient (Wildman–Crippen LogP) is 5.72. The van der Waals surface area contributed by atoms with Crippen LogP contribution < -0.4 is 0 Å². The van der Waals surface area contributed by atoms with Crippen molar-refractivity contribution in [3.63, 3.8) is 0 Å². The molecule has 212 valence electrons. The number of nitrogens with zero attached hydrogens (tertiary/aromatic N) is 3. The number of carbonyl (C=O) groups excluding carboxylic acids is 1. The topological polar surface area (TPSA) is 110 Å². The molecule has 1 aliphatic carbocycles. The second kappa shape index (κ2) is 10.4. The van der Waals surface area contributed by atoms with Crippen LogP contribution in [0.2, 0.25) is 10.0 Å². The highest BCUT2D eigenvalue weighted by Crippen LogP contribution is 2.41. The highest BCUT2D eigenvalue weighted by molar-refractivity contribution is 7.90. The Morgan fingerprint density at radius 1 is 1.07 bits per heavy atom. The molecular formula is C26H22Cl2F3N3O5S. The molecule has 2 atom stereocenters. The van der Waals surface area contributed by atoms with Crippen molar-refractivity contribution in [2.45, 2.75) is 43.7 Å². The minimum atomic E-state index is -5.68. The zero-order chi connectivity index (χ0) is 29.0. The molecule has 0 saturated carbocycles. The Balaban J connectivity index is 1.35. The molecule has 14 heteroatoms. The zero-order valence-electron chi connectivity index (χ0n) is 20.7. The molecule has 1 unspecified atom stereocenters.